The lowest BCUT2D eigenvalue weighted by atomic mass is 10.0. The van der Waals surface area contributed by atoms with E-state index in [9.17, 15) is 0 Å². The molecule has 2 fully saturated rings. The standard InChI is InChI=1S/C18H29N3/c19-15-18-7-4-11-21(18)17-9-13-20(14-10-17)12-8-16-5-2-1-3-6-16/h1-3,5-6,17-18H,4,7-15,19H2. The smallest absolute Gasteiger partial charge is 0.0221 e. The van der Waals surface area contributed by atoms with Gasteiger partial charge in [-0.3, -0.25) is 4.90 Å². The molecule has 0 bridgehead atoms. The maximum atomic E-state index is 5.92. The SMILES string of the molecule is NCC1CCCN1C1CCN(CCc2ccccc2)CC1. The first kappa shape index (κ1) is 15.0. The van der Waals surface area contributed by atoms with Crippen molar-refractivity contribution < 1.29 is 0 Å². The van der Waals surface area contributed by atoms with E-state index in [-0.39, 0.29) is 0 Å². The van der Waals surface area contributed by atoms with E-state index in [0.29, 0.717) is 6.04 Å². The zero-order valence-electron chi connectivity index (χ0n) is 13.1. The van der Waals surface area contributed by atoms with Gasteiger partial charge in [0.15, 0.2) is 0 Å². The van der Waals surface area contributed by atoms with Gasteiger partial charge in [0.2, 0.25) is 0 Å². The third-order valence-corrected chi connectivity index (χ3v) is 5.28. The van der Waals surface area contributed by atoms with Crippen molar-refractivity contribution in [1.29, 1.82) is 0 Å². The summed E-state index contributed by atoms with van der Waals surface area (Å²) in [6.45, 7) is 5.83. The summed E-state index contributed by atoms with van der Waals surface area (Å²) < 4.78 is 0. The van der Waals surface area contributed by atoms with E-state index < -0.39 is 0 Å². The molecule has 0 aliphatic carbocycles. The molecule has 2 saturated heterocycles. The molecule has 1 aromatic rings. The van der Waals surface area contributed by atoms with Gasteiger partial charge in [0, 0.05) is 25.2 Å². The minimum atomic E-state index is 0.658. The van der Waals surface area contributed by atoms with Crippen molar-refractivity contribution in [3.05, 3.63) is 35.9 Å². The number of benzene rings is 1. The van der Waals surface area contributed by atoms with Gasteiger partial charge in [-0.25, -0.2) is 0 Å². The van der Waals surface area contributed by atoms with Crippen LogP contribution in [-0.4, -0.2) is 54.6 Å². The van der Waals surface area contributed by atoms with Crippen LogP contribution >= 0.6 is 0 Å². The Kier molecular flexibility index (Phi) is 5.28. The van der Waals surface area contributed by atoms with Crippen LogP contribution in [0.25, 0.3) is 0 Å². The summed E-state index contributed by atoms with van der Waals surface area (Å²) in [5.74, 6) is 0. The van der Waals surface area contributed by atoms with Crippen LogP contribution < -0.4 is 5.73 Å². The summed E-state index contributed by atoms with van der Waals surface area (Å²) in [5, 5.41) is 0. The fourth-order valence-corrected chi connectivity index (χ4v) is 4.00. The summed E-state index contributed by atoms with van der Waals surface area (Å²) in [4.78, 5) is 5.34. The van der Waals surface area contributed by atoms with Crippen LogP contribution in [0.2, 0.25) is 0 Å². The summed E-state index contributed by atoms with van der Waals surface area (Å²) >= 11 is 0. The average Bonchev–Trinajstić information content (AvgIpc) is 3.03. The first-order valence-corrected chi connectivity index (χ1v) is 8.59. The Labute approximate surface area is 129 Å². The molecule has 1 aromatic carbocycles. The predicted octanol–water partition coefficient (Wildman–Crippen LogP) is 2.12. The molecule has 3 heteroatoms. The maximum absolute atomic E-state index is 5.92. The minimum absolute atomic E-state index is 0.658. The Morgan fingerprint density at radius 1 is 1.00 bits per heavy atom. The zero-order valence-corrected chi connectivity index (χ0v) is 13.1. The average molecular weight is 287 g/mol. The van der Waals surface area contributed by atoms with Crippen LogP contribution in [-0.2, 0) is 6.42 Å². The van der Waals surface area contributed by atoms with E-state index in [1.165, 1.54) is 63.8 Å². The normalized spacial score (nSPS) is 25.5. The van der Waals surface area contributed by atoms with Crippen LogP contribution in [0.15, 0.2) is 30.3 Å². The van der Waals surface area contributed by atoms with Gasteiger partial charge in [-0.05, 0) is 57.3 Å². The fourth-order valence-electron chi connectivity index (χ4n) is 4.00. The Bertz CT molecular complexity index is 412. The Balaban J connectivity index is 1.43. The van der Waals surface area contributed by atoms with E-state index >= 15 is 0 Å². The molecule has 0 saturated carbocycles. The zero-order chi connectivity index (χ0) is 14.5. The number of nitrogens with two attached hydrogens (primary N) is 1. The van der Waals surface area contributed by atoms with Gasteiger partial charge in [0.25, 0.3) is 0 Å². The number of piperidine rings is 1. The number of rotatable bonds is 5. The molecule has 21 heavy (non-hydrogen) atoms. The second kappa shape index (κ2) is 7.39. The largest absolute Gasteiger partial charge is 0.329 e. The molecule has 2 aliphatic heterocycles. The van der Waals surface area contributed by atoms with Gasteiger partial charge in [0.1, 0.15) is 0 Å². The third-order valence-electron chi connectivity index (χ3n) is 5.28. The predicted molar refractivity (Wildman–Crippen MR) is 88.4 cm³/mol. The van der Waals surface area contributed by atoms with Gasteiger partial charge in [-0.2, -0.15) is 0 Å². The Morgan fingerprint density at radius 2 is 1.76 bits per heavy atom. The van der Waals surface area contributed by atoms with Crippen molar-refractivity contribution in [2.45, 2.75) is 44.2 Å². The Morgan fingerprint density at radius 3 is 2.48 bits per heavy atom. The quantitative estimate of drug-likeness (QED) is 0.900. The van der Waals surface area contributed by atoms with Gasteiger partial charge < -0.3 is 10.6 Å². The number of nitrogens with zero attached hydrogens (tertiary/aromatic N) is 2. The number of hydrogen-bond donors (Lipinski definition) is 1. The van der Waals surface area contributed by atoms with E-state index in [1.54, 1.807) is 0 Å². The molecule has 1 atom stereocenters. The van der Waals surface area contributed by atoms with Crippen LogP contribution in [0.1, 0.15) is 31.2 Å². The highest BCUT2D eigenvalue weighted by molar-refractivity contribution is 5.14. The minimum Gasteiger partial charge on any atom is -0.329 e. The van der Waals surface area contributed by atoms with Gasteiger partial charge >= 0.3 is 0 Å². The van der Waals surface area contributed by atoms with Gasteiger partial charge in [-0.1, -0.05) is 30.3 Å². The molecule has 2 N–H and O–H groups in total. The Hall–Kier alpha value is -0.900. The summed E-state index contributed by atoms with van der Waals surface area (Å²) in [7, 11) is 0. The molecule has 1 unspecified atom stereocenters. The fraction of sp³-hybridized carbons (Fsp3) is 0.667. The summed E-state index contributed by atoms with van der Waals surface area (Å²) in [6.07, 6.45) is 6.48. The lowest BCUT2D eigenvalue weighted by Crippen LogP contribution is -2.48. The second-order valence-corrected chi connectivity index (χ2v) is 6.58. The summed E-state index contributed by atoms with van der Waals surface area (Å²) in [6, 6.07) is 12.3. The maximum Gasteiger partial charge on any atom is 0.0221 e. The van der Waals surface area contributed by atoms with Crippen molar-refractivity contribution in [2.75, 3.05) is 32.7 Å². The van der Waals surface area contributed by atoms with Gasteiger partial charge in [0.05, 0.1) is 0 Å². The monoisotopic (exact) mass is 287 g/mol. The highest BCUT2D eigenvalue weighted by Gasteiger charge is 2.31. The van der Waals surface area contributed by atoms with E-state index in [1.807, 2.05) is 0 Å². The van der Waals surface area contributed by atoms with E-state index in [2.05, 4.69) is 40.1 Å². The highest BCUT2D eigenvalue weighted by atomic mass is 15.2. The van der Waals surface area contributed by atoms with Crippen molar-refractivity contribution >= 4 is 0 Å². The molecular formula is C18H29N3. The van der Waals surface area contributed by atoms with Crippen LogP contribution in [0.3, 0.4) is 0 Å². The van der Waals surface area contributed by atoms with Crippen LogP contribution in [0.5, 0.6) is 0 Å². The first-order chi connectivity index (χ1) is 10.4. The molecule has 3 nitrogen and oxygen atoms in total. The van der Waals surface area contributed by atoms with Crippen molar-refractivity contribution in [1.82, 2.24) is 9.80 Å². The lowest BCUT2D eigenvalue weighted by Gasteiger charge is -2.39. The van der Waals surface area contributed by atoms with Crippen molar-refractivity contribution in [3.63, 3.8) is 0 Å². The molecular weight excluding hydrogens is 258 g/mol. The second-order valence-electron chi connectivity index (χ2n) is 6.58. The third kappa shape index (κ3) is 3.85. The molecule has 2 heterocycles. The molecule has 2 aliphatic rings. The van der Waals surface area contributed by atoms with Gasteiger partial charge in [-0.15, -0.1) is 0 Å². The number of hydrogen-bond acceptors (Lipinski definition) is 3. The molecule has 116 valence electrons. The van der Waals surface area contributed by atoms with E-state index in [4.69, 9.17) is 5.73 Å². The summed E-state index contributed by atoms with van der Waals surface area (Å²) in [5.41, 5.74) is 7.38. The van der Waals surface area contributed by atoms with Crippen LogP contribution in [0, 0.1) is 0 Å². The molecule has 0 spiro atoms. The topological polar surface area (TPSA) is 32.5 Å². The number of likely N-dealkylation sites (tertiary alicyclic amines) is 2. The molecule has 0 radical (unpaired) electrons. The molecule has 0 aromatic heterocycles. The molecule has 0 amide bonds. The van der Waals surface area contributed by atoms with E-state index in [0.717, 1.165) is 12.6 Å². The van der Waals surface area contributed by atoms with Crippen LogP contribution in [0.4, 0.5) is 0 Å². The highest BCUT2D eigenvalue weighted by Crippen LogP contribution is 2.25. The lowest BCUT2D eigenvalue weighted by molar-refractivity contribution is 0.101. The van der Waals surface area contributed by atoms with Crippen molar-refractivity contribution in [2.24, 2.45) is 5.73 Å². The molecule has 3 rings (SSSR count). The first-order valence-electron chi connectivity index (χ1n) is 8.59. The van der Waals surface area contributed by atoms with Crippen molar-refractivity contribution in [3.8, 4) is 0 Å².